The van der Waals surface area contributed by atoms with Crippen molar-refractivity contribution in [1.29, 1.82) is 0 Å². The molecule has 1 saturated heterocycles. The Bertz CT molecular complexity index is 811. The summed E-state index contributed by atoms with van der Waals surface area (Å²) in [6.07, 6.45) is 0.651. The van der Waals surface area contributed by atoms with Gasteiger partial charge < -0.3 is 15.0 Å². The Labute approximate surface area is 162 Å². The van der Waals surface area contributed by atoms with Gasteiger partial charge in [-0.3, -0.25) is 9.74 Å². The number of hydrogen-bond acceptors (Lipinski definition) is 6. The zero-order valence-corrected chi connectivity index (χ0v) is 15.6. The molecule has 10 heteroatoms. The van der Waals surface area contributed by atoms with Crippen molar-refractivity contribution >= 4 is 41.0 Å². The summed E-state index contributed by atoms with van der Waals surface area (Å²) in [5.41, 5.74) is 0.804. The van der Waals surface area contributed by atoms with Crippen LogP contribution in [-0.4, -0.2) is 61.4 Å². The summed E-state index contributed by atoms with van der Waals surface area (Å²) < 4.78 is 19.9. The first kappa shape index (κ1) is 18.8. The van der Waals surface area contributed by atoms with E-state index in [1.54, 1.807) is 29.0 Å². The summed E-state index contributed by atoms with van der Waals surface area (Å²) in [6.45, 7) is 10.6. The Morgan fingerprint density at radius 1 is 1.52 bits per heavy atom. The van der Waals surface area contributed by atoms with Gasteiger partial charge in [-0.1, -0.05) is 12.2 Å². The normalized spacial score (nSPS) is 19.1. The third kappa shape index (κ3) is 4.43. The Morgan fingerprint density at radius 2 is 2.33 bits per heavy atom. The van der Waals surface area contributed by atoms with Crippen molar-refractivity contribution in [2.75, 3.05) is 42.6 Å². The van der Waals surface area contributed by atoms with Crippen LogP contribution in [0.5, 0.6) is 0 Å². The number of halogens is 1. The minimum Gasteiger partial charge on any atom is -0.442 e. The highest BCUT2D eigenvalue weighted by atomic mass is 32.1. The van der Waals surface area contributed by atoms with E-state index in [1.165, 1.54) is 17.3 Å². The van der Waals surface area contributed by atoms with Crippen LogP contribution in [0.1, 0.15) is 6.92 Å². The van der Waals surface area contributed by atoms with Gasteiger partial charge in [-0.15, -0.1) is 0 Å². The van der Waals surface area contributed by atoms with E-state index in [2.05, 4.69) is 15.3 Å². The van der Waals surface area contributed by atoms with E-state index in [9.17, 15) is 9.18 Å². The molecule has 1 atom stereocenters. The van der Waals surface area contributed by atoms with Gasteiger partial charge in [-0.25, -0.2) is 20.8 Å². The van der Waals surface area contributed by atoms with Gasteiger partial charge >= 0.3 is 12.8 Å². The number of thiocarbonyl (C=S) groups is 1. The number of rotatable bonds is 5. The number of carbonyl (C=O) groups excluding carboxylic acids is 1. The first-order chi connectivity index (χ1) is 13.0. The molecule has 2 aliphatic heterocycles. The van der Waals surface area contributed by atoms with Gasteiger partial charge in [0.05, 0.1) is 36.0 Å². The van der Waals surface area contributed by atoms with E-state index >= 15 is 0 Å². The van der Waals surface area contributed by atoms with Crippen LogP contribution in [0.25, 0.3) is 4.85 Å². The lowest BCUT2D eigenvalue weighted by Gasteiger charge is -2.27. The molecular weight excluding hydrogens is 371 g/mol. The quantitative estimate of drug-likeness (QED) is 0.613. The molecule has 0 aromatic heterocycles. The summed E-state index contributed by atoms with van der Waals surface area (Å²) >= 11 is 4.95. The predicted octanol–water partition coefficient (Wildman–Crippen LogP) is 2.03. The Morgan fingerprint density at radius 3 is 2.96 bits per heavy atom. The van der Waals surface area contributed by atoms with Gasteiger partial charge in [0.25, 0.3) is 0 Å². The molecule has 0 aliphatic carbocycles. The van der Waals surface area contributed by atoms with Crippen LogP contribution in [0.3, 0.4) is 0 Å². The van der Waals surface area contributed by atoms with E-state index in [-0.39, 0.29) is 12.8 Å². The molecule has 0 bridgehead atoms. The SMILES string of the molecule is [C-]#[N+]CN1CCN(c2ccc(N3C[C@H](CNC(C)=S)OC3=O)cc2F)C=N1. The second-order valence-corrected chi connectivity index (χ2v) is 6.76. The summed E-state index contributed by atoms with van der Waals surface area (Å²) in [4.78, 5) is 19.1. The average Bonchev–Trinajstić information content (AvgIpc) is 3.02. The molecule has 0 spiro atoms. The topological polar surface area (TPSA) is 64.8 Å². The molecule has 2 aliphatic rings. The van der Waals surface area contributed by atoms with Crippen LogP contribution < -0.4 is 15.1 Å². The molecule has 8 nitrogen and oxygen atoms in total. The Balaban J connectivity index is 1.68. The molecule has 142 valence electrons. The van der Waals surface area contributed by atoms with Crippen molar-refractivity contribution < 1.29 is 13.9 Å². The highest BCUT2D eigenvalue weighted by Crippen LogP contribution is 2.28. The molecule has 0 saturated carbocycles. The number of benzene rings is 1. The summed E-state index contributed by atoms with van der Waals surface area (Å²) in [6, 6.07) is 4.61. The largest absolute Gasteiger partial charge is 0.442 e. The van der Waals surface area contributed by atoms with E-state index < -0.39 is 11.9 Å². The second kappa shape index (κ2) is 8.18. The molecule has 3 rings (SSSR count). The smallest absolute Gasteiger partial charge is 0.414 e. The summed E-state index contributed by atoms with van der Waals surface area (Å²) in [5.74, 6) is -0.457. The second-order valence-electron chi connectivity index (χ2n) is 6.14. The molecule has 27 heavy (non-hydrogen) atoms. The molecule has 0 unspecified atom stereocenters. The van der Waals surface area contributed by atoms with Gasteiger partial charge in [-0.05, 0) is 25.1 Å². The molecular formula is C17H19FN6O2S. The number of carbonyl (C=O) groups is 1. The zero-order chi connectivity index (χ0) is 19.4. The number of nitrogens with one attached hydrogen (secondary N) is 1. The van der Waals surface area contributed by atoms with Gasteiger partial charge in [0.1, 0.15) is 18.3 Å². The van der Waals surface area contributed by atoms with Crippen molar-refractivity contribution in [2.24, 2.45) is 5.10 Å². The lowest BCUT2D eigenvalue weighted by molar-refractivity contribution is 0.143. The van der Waals surface area contributed by atoms with Crippen LogP contribution in [0.15, 0.2) is 23.3 Å². The number of cyclic esters (lactones) is 1. The fourth-order valence-corrected chi connectivity index (χ4v) is 2.92. The van der Waals surface area contributed by atoms with Crippen molar-refractivity contribution in [1.82, 2.24) is 10.3 Å². The van der Waals surface area contributed by atoms with Crippen LogP contribution in [-0.2, 0) is 4.74 Å². The average molecular weight is 390 g/mol. The highest BCUT2D eigenvalue weighted by molar-refractivity contribution is 7.80. The fraction of sp³-hybridized carbons (Fsp3) is 0.412. The van der Waals surface area contributed by atoms with Crippen LogP contribution in [0.2, 0.25) is 0 Å². The van der Waals surface area contributed by atoms with Gasteiger partial charge in [0, 0.05) is 6.54 Å². The van der Waals surface area contributed by atoms with E-state index in [0.29, 0.717) is 42.5 Å². The molecule has 2 heterocycles. The van der Waals surface area contributed by atoms with E-state index in [1.807, 2.05) is 0 Å². The standard InChI is InChI=1S/C17H19FN6O2S/c1-12(27)20-8-14-9-24(17(25)26-14)13-3-4-16(15(18)7-13)22-5-6-23(10-19-2)21-11-22/h3-4,7,11,14H,5-6,8-10H2,1H3,(H,20,27)/t14-/m0/s1. The maximum Gasteiger partial charge on any atom is 0.414 e. The summed E-state index contributed by atoms with van der Waals surface area (Å²) in [5, 5.41) is 8.71. The maximum atomic E-state index is 14.6. The van der Waals surface area contributed by atoms with E-state index in [4.69, 9.17) is 23.5 Å². The van der Waals surface area contributed by atoms with E-state index in [0.717, 1.165) is 0 Å². The van der Waals surface area contributed by atoms with Gasteiger partial charge in [-0.2, -0.15) is 5.10 Å². The molecule has 1 N–H and O–H groups in total. The third-order valence-corrected chi connectivity index (χ3v) is 4.34. The third-order valence-electron chi connectivity index (χ3n) is 4.19. The molecule has 1 fully saturated rings. The van der Waals surface area contributed by atoms with Crippen LogP contribution in [0.4, 0.5) is 20.6 Å². The maximum absolute atomic E-state index is 14.6. The molecule has 1 amide bonds. The minimum absolute atomic E-state index is 0.182. The number of hydrazone groups is 1. The van der Waals surface area contributed by atoms with Crippen molar-refractivity contribution in [3.8, 4) is 0 Å². The molecule has 0 radical (unpaired) electrons. The predicted molar refractivity (Wildman–Crippen MR) is 104 cm³/mol. The van der Waals surface area contributed by atoms with Crippen molar-refractivity contribution in [3.05, 3.63) is 35.4 Å². The zero-order valence-electron chi connectivity index (χ0n) is 14.8. The molecule has 1 aromatic rings. The Hall–Kier alpha value is -2.93. The van der Waals surface area contributed by atoms with Crippen LogP contribution >= 0.6 is 12.2 Å². The fourth-order valence-electron chi connectivity index (χ4n) is 2.84. The monoisotopic (exact) mass is 390 g/mol. The lowest BCUT2D eigenvalue weighted by Crippen LogP contribution is -2.38. The number of hydrogen-bond donors (Lipinski definition) is 1. The van der Waals surface area contributed by atoms with Crippen molar-refractivity contribution in [3.63, 3.8) is 0 Å². The summed E-state index contributed by atoms with van der Waals surface area (Å²) in [7, 11) is 0. The minimum atomic E-state index is -0.509. The van der Waals surface area contributed by atoms with Gasteiger partial charge in [0.2, 0.25) is 0 Å². The number of amides is 1. The number of ether oxygens (including phenoxy) is 1. The number of nitrogens with zero attached hydrogens (tertiary/aromatic N) is 5. The first-order valence-electron chi connectivity index (χ1n) is 8.39. The highest BCUT2D eigenvalue weighted by Gasteiger charge is 2.32. The van der Waals surface area contributed by atoms with Crippen LogP contribution in [0, 0.1) is 12.4 Å². The first-order valence-corrected chi connectivity index (χ1v) is 8.80. The molecule has 1 aromatic carbocycles. The number of anilines is 2. The Kier molecular flexibility index (Phi) is 5.71. The van der Waals surface area contributed by atoms with Crippen molar-refractivity contribution in [2.45, 2.75) is 13.0 Å². The van der Waals surface area contributed by atoms with Gasteiger partial charge in [0.15, 0.2) is 0 Å². The lowest BCUT2D eigenvalue weighted by atomic mass is 10.2.